The van der Waals surface area contributed by atoms with E-state index in [-0.39, 0.29) is 40.7 Å². The summed E-state index contributed by atoms with van der Waals surface area (Å²) in [5.41, 5.74) is 35.6. The summed E-state index contributed by atoms with van der Waals surface area (Å²) in [5, 5.41) is 51.6. The first-order valence-corrected chi connectivity index (χ1v) is 15.7. The Labute approximate surface area is 309 Å². The fraction of sp³-hybridized carbons (Fsp3) is 0.152. The smallest absolute Gasteiger partial charge is 0.259 e. The minimum absolute atomic E-state index is 0.0149. The molecule has 18 N–H and O–H groups in total. The highest BCUT2D eigenvalue weighted by Crippen LogP contribution is 2.27. The van der Waals surface area contributed by atoms with E-state index in [0.29, 0.717) is 56.5 Å². The molecule has 3 rings (SSSR count). The highest BCUT2D eigenvalue weighted by atomic mass is 16.5. The van der Waals surface area contributed by atoms with Gasteiger partial charge in [0.25, 0.3) is 11.8 Å². The van der Waals surface area contributed by atoms with Gasteiger partial charge >= 0.3 is 0 Å². The predicted molar refractivity (Wildman–Crippen MR) is 211 cm³/mol. The maximum absolute atomic E-state index is 13.8. The molecule has 0 saturated carbocycles. The number of carbonyl (C=O) groups excluding carboxylic acids is 2. The van der Waals surface area contributed by atoms with Gasteiger partial charge in [0.2, 0.25) is 23.8 Å². The molecule has 282 valence electrons. The molecule has 0 radical (unpaired) electrons. The predicted octanol–water partition coefficient (Wildman–Crippen LogP) is 1.03. The number of anilines is 2. The summed E-state index contributed by atoms with van der Waals surface area (Å²) in [5.74, 6) is -2.73. The number of rotatable bonds is 13. The number of nitrogens with two attached hydrogens (primary N) is 4. The van der Waals surface area contributed by atoms with Crippen molar-refractivity contribution >= 4 is 69.9 Å². The van der Waals surface area contributed by atoms with Crippen molar-refractivity contribution in [2.24, 2.45) is 43.3 Å². The van der Waals surface area contributed by atoms with Crippen molar-refractivity contribution in [3.8, 4) is 5.75 Å². The molecule has 2 amide bonds. The highest BCUT2D eigenvalue weighted by molar-refractivity contribution is 6.14. The number of hydrogen-bond donors (Lipinski definition) is 14. The average Bonchev–Trinajstić information content (AvgIpc) is 3.12. The summed E-state index contributed by atoms with van der Waals surface area (Å²) in [6.45, 7) is 6.66. The van der Waals surface area contributed by atoms with Crippen LogP contribution in [0.25, 0.3) is 0 Å². The normalized spacial score (nSPS) is 11.9. The first-order chi connectivity index (χ1) is 25.5. The third-order valence-electron chi connectivity index (χ3n) is 7.14. The molecule has 0 aromatic heterocycles. The van der Waals surface area contributed by atoms with E-state index in [9.17, 15) is 9.59 Å². The van der Waals surface area contributed by atoms with Crippen molar-refractivity contribution in [2.75, 3.05) is 17.7 Å². The molecule has 0 atom stereocenters. The second-order valence-electron chi connectivity index (χ2n) is 11.3. The number of benzene rings is 3. The van der Waals surface area contributed by atoms with Gasteiger partial charge in [0, 0.05) is 33.6 Å². The molecule has 0 unspecified atom stereocenters. The molecular formula is C33H42N18O3. The van der Waals surface area contributed by atoms with Crippen LogP contribution >= 0.6 is 0 Å². The van der Waals surface area contributed by atoms with E-state index in [0.717, 1.165) is 0 Å². The van der Waals surface area contributed by atoms with E-state index in [2.05, 4.69) is 52.7 Å². The van der Waals surface area contributed by atoms with Crippen molar-refractivity contribution in [2.45, 2.75) is 27.7 Å². The number of hydrogen-bond acceptors (Lipinski definition) is 11. The molecule has 0 spiro atoms. The first kappa shape index (κ1) is 40.6. The van der Waals surface area contributed by atoms with Gasteiger partial charge in [0.15, 0.2) is 0 Å². The molecule has 0 aliphatic heterocycles. The minimum Gasteiger partial charge on any atom is -0.495 e. The number of nitrogens with one attached hydrogen (secondary N) is 10. The van der Waals surface area contributed by atoms with Gasteiger partial charge in [-0.15, -0.1) is 0 Å². The summed E-state index contributed by atoms with van der Waals surface area (Å²) >= 11 is 0. The van der Waals surface area contributed by atoms with Gasteiger partial charge in [0.05, 0.1) is 41.1 Å². The number of para-hydroxylation sites is 1. The Hall–Kier alpha value is -7.84. The SMILES string of the molecule is COc1c(C(=O)Nc2cc(/C(C)=N\NC(=N)N)cc(/C(C)=N\NC(=N)N)c2)cccc1C(=O)Nc1cc(/C(C)=N\NC(=N)N)cc(/C(C)=N/NC(=N)N)c1. The lowest BCUT2D eigenvalue weighted by Gasteiger charge is -2.16. The Bertz CT molecular complexity index is 1870. The van der Waals surface area contributed by atoms with E-state index in [1.165, 1.54) is 25.3 Å². The van der Waals surface area contributed by atoms with Gasteiger partial charge in [-0.25, -0.2) is 21.7 Å². The van der Waals surface area contributed by atoms with Crippen LogP contribution in [0, 0.1) is 21.6 Å². The first-order valence-electron chi connectivity index (χ1n) is 15.7. The molecule has 21 nitrogen and oxygen atoms in total. The van der Waals surface area contributed by atoms with Crippen molar-refractivity contribution in [3.05, 3.63) is 88.0 Å². The third kappa shape index (κ3) is 11.6. The molecule has 3 aromatic rings. The van der Waals surface area contributed by atoms with Crippen molar-refractivity contribution in [1.82, 2.24) is 21.7 Å². The molecular weight excluding hydrogens is 696 g/mol. The van der Waals surface area contributed by atoms with Gasteiger partial charge in [0.1, 0.15) is 5.75 Å². The van der Waals surface area contributed by atoms with Crippen molar-refractivity contribution in [1.29, 1.82) is 21.6 Å². The van der Waals surface area contributed by atoms with E-state index in [1.54, 1.807) is 64.1 Å². The highest BCUT2D eigenvalue weighted by Gasteiger charge is 2.22. The fourth-order valence-corrected chi connectivity index (χ4v) is 4.58. The lowest BCUT2D eigenvalue weighted by molar-refractivity contribution is 0.102. The number of methoxy groups -OCH3 is 1. The van der Waals surface area contributed by atoms with Crippen LogP contribution < -0.4 is 60.0 Å². The summed E-state index contributed by atoms with van der Waals surface area (Å²) in [6.07, 6.45) is 0. The Balaban J connectivity index is 2.04. The zero-order valence-corrected chi connectivity index (χ0v) is 30.0. The number of guanidine groups is 4. The number of amides is 2. The molecule has 0 aliphatic rings. The van der Waals surface area contributed by atoms with Crippen molar-refractivity contribution in [3.63, 3.8) is 0 Å². The fourth-order valence-electron chi connectivity index (χ4n) is 4.58. The zero-order valence-electron chi connectivity index (χ0n) is 30.0. The molecule has 0 fully saturated rings. The largest absolute Gasteiger partial charge is 0.495 e. The molecule has 0 bridgehead atoms. The second-order valence-corrected chi connectivity index (χ2v) is 11.3. The Morgan fingerprint density at radius 3 is 1.06 bits per heavy atom. The monoisotopic (exact) mass is 738 g/mol. The lowest BCUT2D eigenvalue weighted by atomic mass is 10.0. The number of nitrogens with zero attached hydrogens (tertiary/aromatic N) is 4. The molecule has 0 heterocycles. The van der Waals surface area contributed by atoms with E-state index >= 15 is 0 Å². The van der Waals surface area contributed by atoms with Gasteiger partial charge < -0.3 is 38.3 Å². The van der Waals surface area contributed by atoms with Gasteiger partial charge in [-0.3, -0.25) is 31.2 Å². The Kier molecular flexibility index (Phi) is 13.8. The Morgan fingerprint density at radius 2 is 0.815 bits per heavy atom. The summed E-state index contributed by atoms with van der Waals surface area (Å²) in [7, 11) is 1.33. The molecule has 54 heavy (non-hydrogen) atoms. The third-order valence-corrected chi connectivity index (χ3v) is 7.14. The van der Waals surface area contributed by atoms with E-state index in [1.807, 2.05) is 0 Å². The van der Waals surface area contributed by atoms with Crippen LogP contribution in [0.15, 0.2) is 75.0 Å². The van der Waals surface area contributed by atoms with E-state index < -0.39 is 11.8 Å². The molecule has 3 aromatic carbocycles. The maximum atomic E-state index is 13.8. The number of ether oxygens (including phenoxy) is 1. The molecule has 0 saturated heterocycles. The van der Waals surface area contributed by atoms with Crippen LogP contribution in [0.4, 0.5) is 11.4 Å². The van der Waals surface area contributed by atoms with Crippen LogP contribution in [0.5, 0.6) is 5.75 Å². The van der Waals surface area contributed by atoms with Gasteiger partial charge in [-0.2, -0.15) is 20.4 Å². The van der Waals surface area contributed by atoms with Crippen LogP contribution in [0.3, 0.4) is 0 Å². The quantitative estimate of drug-likeness (QED) is 0.0667. The van der Waals surface area contributed by atoms with Crippen molar-refractivity contribution < 1.29 is 14.3 Å². The Morgan fingerprint density at radius 1 is 0.537 bits per heavy atom. The maximum Gasteiger partial charge on any atom is 0.259 e. The van der Waals surface area contributed by atoms with Crippen LogP contribution in [-0.2, 0) is 0 Å². The number of carbonyl (C=O) groups is 2. The molecule has 0 aliphatic carbocycles. The van der Waals surface area contributed by atoms with Crippen LogP contribution in [0.1, 0.15) is 70.7 Å². The number of hydrazone groups is 4. The summed E-state index contributed by atoms with van der Waals surface area (Å²) < 4.78 is 5.60. The molecule has 21 heteroatoms. The zero-order chi connectivity index (χ0) is 40.1. The lowest BCUT2D eigenvalue weighted by Crippen LogP contribution is -2.27. The minimum atomic E-state index is -0.614. The van der Waals surface area contributed by atoms with Crippen LogP contribution in [-0.4, -0.2) is 65.6 Å². The van der Waals surface area contributed by atoms with Crippen LogP contribution in [0.2, 0.25) is 0 Å². The second kappa shape index (κ2) is 18.4. The average molecular weight is 739 g/mol. The topological polar surface area (TPSA) is 364 Å². The van der Waals surface area contributed by atoms with E-state index in [4.69, 9.17) is 49.3 Å². The van der Waals surface area contributed by atoms with Gasteiger partial charge in [-0.05, 0) is 76.2 Å². The standard InChI is InChI=1S/C33H42N18O3/c1-15(44-48-30(34)35)19-9-20(16(2)45-49-31(36)37)12-23(11-19)42-28(52)25-7-6-8-26(27(25)54-5)29(53)43-24-13-21(17(3)46-50-32(38)39)10-22(14-24)18(4)47-51-33(40)41/h6-14H,1-5H3,(H,42,52)(H,43,53)(H4,34,35,48)(H4,36,37,49)(H4,38,39,50)(H4,40,41,51)/b44-15-,45-16-,46-17-,47-18+. The van der Waals surface area contributed by atoms with Gasteiger partial charge in [-0.1, -0.05) is 6.07 Å². The summed E-state index contributed by atoms with van der Waals surface area (Å²) in [4.78, 5) is 27.6. The summed E-state index contributed by atoms with van der Waals surface area (Å²) in [6, 6.07) is 14.5.